The van der Waals surface area contributed by atoms with Gasteiger partial charge >= 0.3 is 6.09 Å². The normalized spacial score (nSPS) is 24.9. The molecule has 0 radical (unpaired) electrons. The quantitative estimate of drug-likeness (QED) is 0.827. The van der Waals surface area contributed by atoms with Gasteiger partial charge in [-0.25, -0.2) is 4.79 Å². The fraction of sp³-hybridized carbons (Fsp3) is 0.600. The summed E-state index contributed by atoms with van der Waals surface area (Å²) in [4.78, 5) is 28.6. The molecule has 1 unspecified atom stereocenters. The number of hydrogen-bond acceptors (Lipinski definition) is 4. The molecular weight excluding hydrogens is 332 g/mol. The molecule has 3 heterocycles. The van der Waals surface area contributed by atoms with Gasteiger partial charge in [0.2, 0.25) is 5.91 Å². The molecule has 1 aromatic carbocycles. The number of hydrogen-bond donors (Lipinski definition) is 0. The zero-order chi connectivity index (χ0) is 18.0. The van der Waals surface area contributed by atoms with Crippen LogP contribution in [0.1, 0.15) is 24.8 Å². The Morgan fingerprint density at radius 2 is 1.96 bits per heavy atom. The molecular formula is C20H26N2O4. The van der Waals surface area contributed by atoms with Gasteiger partial charge in [-0.15, -0.1) is 0 Å². The molecule has 140 valence electrons. The SMILES string of the molecule is O=C1OC2(CCN(C(=O)C3CCOC3)CC2)CN1CCc1ccccc1. The largest absolute Gasteiger partial charge is 0.441 e. The zero-order valence-electron chi connectivity index (χ0n) is 15.1. The molecule has 3 fully saturated rings. The van der Waals surface area contributed by atoms with Crippen molar-refractivity contribution in [1.29, 1.82) is 0 Å². The van der Waals surface area contributed by atoms with Crippen molar-refractivity contribution >= 4 is 12.0 Å². The maximum atomic E-state index is 12.5. The summed E-state index contributed by atoms with van der Waals surface area (Å²) in [6.07, 6.45) is 2.88. The van der Waals surface area contributed by atoms with Crippen LogP contribution in [0.5, 0.6) is 0 Å². The van der Waals surface area contributed by atoms with Gasteiger partial charge in [-0.3, -0.25) is 4.79 Å². The van der Waals surface area contributed by atoms with Crippen molar-refractivity contribution in [3.8, 4) is 0 Å². The van der Waals surface area contributed by atoms with Crippen LogP contribution in [0.3, 0.4) is 0 Å². The predicted molar refractivity (Wildman–Crippen MR) is 95.7 cm³/mol. The molecule has 0 bridgehead atoms. The van der Waals surface area contributed by atoms with E-state index in [1.165, 1.54) is 5.56 Å². The second-order valence-electron chi connectivity index (χ2n) is 7.59. The van der Waals surface area contributed by atoms with E-state index < -0.39 is 5.60 Å². The lowest BCUT2D eigenvalue weighted by molar-refractivity contribution is -0.138. The first-order valence-corrected chi connectivity index (χ1v) is 9.54. The van der Waals surface area contributed by atoms with Crippen LogP contribution in [0.25, 0.3) is 0 Å². The molecule has 1 spiro atoms. The number of nitrogens with zero attached hydrogens (tertiary/aromatic N) is 2. The van der Waals surface area contributed by atoms with Crippen LogP contribution in [0, 0.1) is 5.92 Å². The Morgan fingerprint density at radius 1 is 1.19 bits per heavy atom. The molecule has 0 saturated carbocycles. The first-order chi connectivity index (χ1) is 12.7. The topological polar surface area (TPSA) is 59.1 Å². The summed E-state index contributed by atoms with van der Waals surface area (Å²) >= 11 is 0. The van der Waals surface area contributed by atoms with Gasteiger partial charge in [0.1, 0.15) is 5.60 Å². The molecule has 3 aliphatic rings. The van der Waals surface area contributed by atoms with E-state index in [0.717, 1.165) is 25.7 Å². The van der Waals surface area contributed by atoms with Gasteiger partial charge in [0.25, 0.3) is 0 Å². The number of benzene rings is 1. The van der Waals surface area contributed by atoms with Crippen molar-refractivity contribution in [3.05, 3.63) is 35.9 Å². The van der Waals surface area contributed by atoms with Gasteiger partial charge in [-0.05, 0) is 18.4 Å². The van der Waals surface area contributed by atoms with Crippen molar-refractivity contribution < 1.29 is 19.1 Å². The van der Waals surface area contributed by atoms with E-state index in [1.807, 2.05) is 28.0 Å². The van der Waals surface area contributed by atoms with Crippen molar-refractivity contribution in [1.82, 2.24) is 9.80 Å². The molecule has 26 heavy (non-hydrogen) atoms. The molecule has 6 nitrogen and oxygen atoms in total. The lowest BCUT2D eigenvalue weighted by atomic mass is 9.90. The van der Waals surface area contributed by atoms with Gasteiger partial charge in [0, 0.05) is 39.1 Å². The smallest absolute Gasteiger partial charge is 0.410 e. The molecule has 4 rings (SSSR count). The van der Waals surface area contributed by atoms with Gasteiger partial charge in [0.15, 0.2) is 0 Å². The molecule has 1 atom stereocenters. The Balaban J connectivity index is 1.30. The van der Waals surface area contributed by atoms with E-state index in [-0.39, 0.29) is 17.9 Å². The van der Waals surface area contributed by atoms with Crippen molar-refractivity contribution in [2.45, 2.75) is 31.3 Å². The van der Waals surface area contributed by atoms with E-state index in [0.29, 0.717) is 39.4 Å². The average molecular weight is 358 g/mol. The molecule has 0 N–H and O–H groups in total. The summed E-state index contributed by atoms with van der Waals surface area (Å²) in [6, 6.07) is 10.2. The third-order valence-corrected chi connectivity index (χ3v) is 5.82. The Hall–Kier alpha value is -2.08. The van der Waals surface area contributed by atoms with E-state index >= 15 is 0 Å². The number of piperidine rings is 1. The highest BCUT2D eigenvalue weighted by Gasteiger charge is 2.47. The number of ether oxygens (including phenoxy) is 2. The van der Waals surface area contributed by atoms with Crippen LogP contribution in [0.15, 0.2) is 30.3 Å². The number of amides is 2. The summed E-state index contributed by atoms with van der Waals surface area (Å²) in [7, 11) is 0. The Kier molecular flexibility index (Phi) is 4.85. The minimum Gasteiger partial charge on any atom is -0.441 e. The van der Waals surface area contributed by atoms with Crippen molar-refractivity contribution in [3.63, 3.8) is 0 Å². The highest BCUT2D eigenvalue weighted by molar-refractivity contribution is 5.79. The van der Waals surface area contributed by atoms with Gasteiger partial charge < -0.3 is 19.3 Å². The van der Waals surface area contributed by atoms with Crippen LogP contribution < -0.4 is 0 Å². The molecule has 0 aliphatic carbocycles. The summed E-state index contributed by atoms with van der Waals surface area (Å²) in [6.45, 7) is 3.86. The molecule has 2 amide bonds. The van der Waals surface area contributed by atoms with Crippen LogP contribution in [-0.4, -0.2) is 66.8 Å². The van der Waals surface area contributed by atoms with Crippen molar-refractivity contribution in [2.75, 3.05) is 39.4 Å². The van der Waals surface area contributed by atoms with Crippen LogP contribution in [0.2, 0.25) is 0 Å². The fourth-order valence-corrected chi connectivity index (χ4v) is 4.16. The van der Waals surface area contributed by atoms with Crippen molar-refractivity contribution in [2.24, 2.45) is 5.92 Å². The first-order valence-electron chi connectivity index (χ1n) is 9.54. The fourth-order valence-electron chi connectivity index (χ4n) is 4.16. The third kappa shape index (κ3) is 3.56. The van der Waals surface area contributed by atoms with E-state index in [4.69, 9.17) is 9.47 Å². The van der Waals surface area contributed by atoms with Crippen LogP contribution >= 0.6 is 0 Å². The lowest BCUT2D eigenvalue weighted by Gasteiger charge is -2.38. The van der Waals surface area contributed by atoms with Crippen LogP contribution in [-0.2, 0) is 20.7 Å². The second-order valence-corrected chi connectivity index (χ2v) is 7.59. The number of likely N-dealkylation sites (tertiary alicyclic amines) is 1. The number of rotatable bonds is 4. The summed E-state index contributed by atoms with van der Waals surface area (Å²) < 4.78 is 11.1. The zero-order valence-corrected chi connectivity index (χ0v) is 15.1. The minimum absolute atomic E-state index is 0.0116. The molecule has 3 aliphatic heterocycles. The predicted octanol–water partition coefficient (Wildman–Crippen LogP) is 2.08. The molecule has 0 aromatic heterocycles. The van der Waals surface area contributed by atoms with Gasteiger partial charge in [0.05, 0.1) is 19.1 Å². The molecule has 3 saturated heterocycles. The molecule has 1 aromatic rings. The molecule has 6 heteroatoms. The lowest BCUT2D eigenvalue weighted by Crippen LogP contribution is -2.50. The highest BCUT2D eigenvalue weighted by atomic mass is 16.6. The average Bonchev–Trinajstić information content (AvgIpc) is 3.30. The first kappa shape index (κ1) is 17.3. The van der Waals surface area contributed by atoms with E-state index in [9.17, 15) is 9.59 Å². The minimum atomic E-state index is -0.420. The Morgan fingerprint density at radius 3 is 2.65 bits per heavy atom. The summed E-state index contributed by atoms with van der Waals surface area (Å²) in [5, 5.41) is 0. The highest BCUT2D eigenvalue weighted by Crippen LogP contribution is 2.34. The van der Waals surface area contributed by atoms with Gasteiger partial charge in [-0.2, -0.15) is 0 Å². The van der Waals surface area contributed by atoms with Gasteiger partial charge in [-0.1, -0.05) is 30.3 Å². The number of carbonyl (C=O) groups excluding carboxylic acids is 2. The Bertz CT molecular complexity index is 649. The summed E-state index contributed by atoms with van der Waals surface area (Å²) in [5.41, 5.74) is 0.803. The van der Waals surface area contributed by atoms with E-state index in [1.54, 1.807) is 0 Å². The maximum absolute atomic E-state index is 12.5. The standard InChI is InChI=1S/C20H26N2O4/c23-18(17-7-13-25-14-17)21-11-8-20(9-12-21)15-22(19(24)26-20)10-6-16-4-2-1-3-5-16/h1-5,17H,6-15H2. The number of carbonyl (C=O) groups is 2. The summed E-state index contributed by atoms with van der Waals surface area (Å²) in [5.74, 6) is 0.208. The van der Waals surface area contributed by atoms with E-state index in [2.05, 4.69) is 12.1 Å². The second kappa shape index (κ2) is 7.27. The monoisotopic (exact) mass is 358 g/mol. The van der Waals surface area contributed by atoms with Crippen LogP contribution in [0.4, 0.5) is 4.79 Å². The third-order valence-electron chi connectivity index (χ3n) is 5.82. The Labute approximate surface area is 154 Å². The maximum Gasteiger partial charge on any atom is 0.410 e.